The smallest absolute Gasteiger partial charge is 0.225 e. The van der Waals surface area contributed by atoms with Gasteiger partial charge in [-0.3, -0.25) is 4.79 Å². The first kappa shape index (κ1) is 13.8. The summed E-state index contributed by atoms with van der Waals surface area (Å²) in [4.78, 5) is 15.9. The Morgan fingerprint density at radius 1 is 1.35 bits per heavy atom. The standard InChI is InChI=1S/C15H14N2O3/c18-10-2-5-12-4-1-7-14(16-12)17-15(19)9-8-13-6-3-11-20-13/h1,3-4,6-7,11,18H,8-10H2,(H,16,17,19). The maximum atomic E-state index is 11.8. The molecule has 2 heterocycles. The van der Waals surface area contributed by atoms with Crippen molar-refractivity contribution < 1.29 is 14.3 Å². The zero-order valence-corrected chi connectivity index (χ0v) is 10.8. The molecule has 2 rings (SSSR count). The summed E-state index contributed by atoms with van der Waals surface area (Å²) in [5, 5.41) is 11.3. The van der Waals surface area contributed by atoms with Crippen LogP contribution in [0, 0.1) is 11.8 Å². The van der Waals surface area contributed by atoms with Crippen LogP contribution in [0.4, 0.5) is 5.82 Å². The maximum Gasteiger partial charge on any atom is 0.225 e. The molecule has 0 aliphatic carbocycles. The van der Waals surface area contributed by atoms with E-state index in [1.165, 1.54) is 0 Å². The molecule has 102 valence electrons. The Morgan fingerprint density at radius 3 is 3.00 bits per heavy atom. The molecular weight excluding hydrogens is 256 g/mol. The second-order valence-corrected chi connectivity index (χ2v) is 4.00. The summed E-state index contributed by atoms with van der Waals surface area (Å²) in [7, 11) is 0. The van der Waals surface area contributed by atoms with E-state index in [0.717, 1.165) is 5.76 Å². The van der Waals surface area contributed by atoms with Crippen LogP contribution in [0.1, 0.15) is 17.9 Å². The van der Waals surface area contributed by atoms with Gasteiger partial charge in [0.25, 0.3) is 0 Å². The van der Waals surface area contributed by atoms with E-state index in [4.69, 9.17) is 9.52 Å². The Hall–Kier alpha value is -2.58. The van der Waals surface area contributed by atoms with Gasteiger partial charge in [0.05, 0.1) is 6.26 Å². The topological polar surface area (TPSA) is 75.4 Å². The van der Waals surface area contributed by atoms with E-state index in [1.54, 1.807) is 30.5 Å². The van der Waals surface area contributed by atoms with Crippen LogP contribution in [-0.4, -0.2) is 22.6 Å². The van der Waals surface area contributed by atoms with Crippen LogP contribution in [0.2, 0.25) is 0 Å². The predicted octanol–water partition coefficient (Wildman–Crippen LogP) is 1.59. The van der Waals surface area contributed by atoms with Crippen LogP contribution in [0.3, 0.4) is 0 Å². The first-order valence-corrected chi connectivity index (χ1v) is 6.17. The number of aromatic nitrogens is 1. The van der Waals surface area contributed by atoms with Crippen LogP contribution in [-0.2, 0) is 11.2 Å². The van der Waals surface area contributed by atoms with Crippen molar-refractivity contribution in [3.8, 4) is 11.8 Å². The molecule has 0 saturated carbocycles. The predicted molar refractivity (Wildman–Crippen MR) is 73.9 cm³/mol. The van der Waals surface area contributed by atoms with Gasteiger partial charge >= 0.3 is 0 Å². The fourth-order valence-corrected chi connectivity index (χ4v) is 1.60. The van der Waals surface area contributed by atoms with E-state index >= 15 is 0 Å². The SMILES string of the molecule is O=C(CCc1ccco1)Nc1cccc(C#CCO)n1. The number of aryl methyl sites for hydroxylation is 1. The first-order chi connectivity index (χ1) is 9.78. The highest BCUT2D eigenvalue weighted by Gasteiger charge is 2.05. The highest BCUT2D eigenvalue weighted by molar-refractivity contribution is 5.89. The number of rotatable bonds is 4. The number of hydrogen-bond donors (Lipinski definition) is 2. The normalized spacial score (nSPS) is 9.65. The summed E-state index contributed by atoms with van der Waals surface area (Å²) in [5.41, 5.74) is 0.503. The fourth-order valence-electron chi connectivity index (χ4n) is 1.60. The second-order valence-electron chi connectivity index (χ2n) is 4.00. The quantitative estimate of drug-likeness (QED) is 0.827. The van der Waals surface area contributed by atoms with Gasteiger partial charge in [-0.25, -0.2) is 4.98 Å². The molecule has 0 unspecified atom stereocenters. The van der Waals surface area contributed by atoms with Crippen LogP contribution in [0.25, 0.3) is 0 Å². The van der Waals surface area contributed by atoms with Crippen molar-refractivity contribution in [2.45, 2.75) is 12.8 Å². The van der Waals surface area contributed by atoms with Crippen LogP contribution < -0.4 is 5.32 Å². The molecule has 0 bridgehead atoms. The lowest BCUT2D eigenvalue weighted by molar-refractivity contribution is -0.116. The Morgan fingerprint density at radius 2 is 2.25 bits per heavy atom. The maximum absolute atomic E-state index is 11.8. The van der Waals surface area contributed by atoms with E-state index in [0.29, 0.717) is 24.4 Å². The summed E-state index contributed by atoms with van der Waals surface area (Å²) in [5.74, 6) is 6.27. The van der Waals surface area contributed by atoms with Gasteiger partial charge in [0.15, 0.2) is 0 Å². The second kappa shape index (κ2) is 7.12. The zero-order chi connectivity index (χ0) is 14.2. The molecule has 0 fully saturated rings. The summed E-state index contributed by atoms with van der Waals surface area (Å²) >= 11 is 0. The first-order valence-electron chi connectivity index (χ1n) is 6.17. The van der Waals surface area contributed by atoms with Crippen molar-refractivity contribution in [2.24, 2.45) is 0 Å². The largest absolute Gasteiger partial charge is 0.469 e. The van der Waals surface area contributed by atoms with Crippen molar-refractivity contribution in [1.29, 1.82) is 0 Å². The zero-order valence-electron chi connectivity index (χ0n) is 10.8. The molecule has 2 aromatic rings. The van der Waals surface area contributed by atoms with Crippen molar-refractivity contribution in [3.05, 3.63) is 48.0 Å². The highest BCUT2D eigenvalue weighted by atomic mass is 16.3. The number of carbonyl (C=O) groups excluding carboxylic acids is 1. The van der Waals surface area contributed by atoms with Crippen molar-refractivity contribution in [1.82, 2.24) is 4.98 Å². The third-order valence-corrected chi connectivity index (χ3v) is 2.49. The lowest BCUT2D eigenvalue weighted by atomic mass is 10.2. The number of hydrogen-bond acceptors (Lipinski definition) is 4. The Balaban J connectivity index is 1.90. The monoisotopic (exact) mass is 270 g/mol. The molecule has 0 saturated heterocycles. The number of carbonyl (C=O) groups is 1. The lowest BCUT2D eigenvalue weighted by Gasteiger charge is -2.03. The number of anilines is 1. The molecule has 0 atom stereocenters. The summed E-state index contributed by atoms with van der Waals surface area (Å²) in [6, 6.07) is 8.77. The molecule has 5 heteroatoms. The van der Waals surface area contributed by atoms with Gasteiger partial charge in [-0.05, 0) is 30.2 Å². The van der Waals surface area contributed by atoms with Gasteiger partial charge < -0.3 is 14.8 Å². The number of aliphatic hydroxyl groups excluding tert-OH is 1. The van der Waals surface area contributed by atoms with E-state index < -0.39 is 0 Å². The molecule has 0 radical (unpaired) electrons. The van der Waals surface area contributed by atoms with Crippen LogP contribution in [0.15, 0.2) is 41.0 Å². The van der Waals surface area contributed by atoms with Gasteiger partial charge in [0.2, 0.25) is 5.91 Å². The minimum Gasteiger partial charge on any atom is -0.469 e. The van der Waals surface area contributed by atoms with Gasteiger partial charge in [0, 0.05) is 12.8 Å². The summed E-state index contributed by atoms with van der Waals surface area (Å²) < 4.78 is 5.16. The van der Waals surface area contributed by atoms with Crippen molar-refractivity contribution in [3.63, 3.8) is 0 Å². The van der Waals surface area contributed by atoms with E-state index in [2.05, 4.69) is 22.1 Å². The minimum atomic E-state index is -0.221. The Labute approximate surface area is 116 Å². The molecule has 0 spiro atoms. The summed E-state index contributed by atoms with van der Waals surface area (Å²) in [6.45, 7) is -0.221. The minimum absolute atomic E-state index is 0.138. The average Bonchev–Trinajstić information content (AvgIpc) is 2.97. The third-order valence-electron chi connectivity index (χ3n) is 2.49. The highest BCUT2D eigenvalue weighted by Crippen LogP contribution is 2.07. The van der Waals surface area contributed by atoms with Gasteiger partial charge in [-0.15, -0.1) is 0 Å². The van der Waals surface area contributed by atoms with Crippen LogP contribution >= 0.6 is 0 Å². The molecule has 5 nitrogen and oxygen atoms in total. The molecular formula is C15H14N2O3. The molecule has 1 amide bonds. The third kappa shape index (κ3) is 4.26. The van der Waals surface area contributed by atoms with E-state index in [-0.39, 0.29) is 12.5 Å². The Kier molecular flexibility index (Phi) is 4.93. The van der Waals surface area contributed by atoms with E-state index in [9.17, 15) is 4.79 Å². The number of pyridine rings is 1. The number of nitrogens with zero attached hydrogens (tertiary/aromatic N) is 1. The van der Waals surface area contributed by atoms with Gasteiger partial charge in [-0.1, -0.05) is 12.0 Å². The molecule has 2 N–H and O–H groups in total. The van der Waals surface area contributed by atoms with Gasteiger partial charge in [-0.2, -0.15) is 0 Å². The number of nitrogens with one attached hydrogen (secondary N) is 1. The molecule has 0 aliphatic rings. The molecule has 0 aromatic carbocycles. The van der Waals surface area contributed by atoms with Crippen LogP contribution in [0.5, 0.6) is 0 Å². The van der Waals surface area contributed by atoms with E-state index in [1.807, 2.05) is 6.07 Å². The average molecular weight is 270 g/mol. The van der Waals surface area contributed by atoms with Crippen molar-refractivity contribution in [2.75, 3.05) is 11.9 Å². The molecule has 0 aliphatic heterocycles. The van der Waals surface area contributed by atoms with Crippen molar-refractivity contribution >= 4 is 11.7 Å². The molecule has 2 aromatic heterocycles. The summed E-state index contributed by atoms with van der Waals surface area (Å²) in [6.07, 6.45) is 2.45. The fraction of sp³-hybridized carbons (Fsp3) is 0.200. The Bertz CT molecular complexity index is 624. The lowest BCUT2D eigenvalue weighted by Crippen LogP contribution is -2.13. The molecule has 20 heavy (non-hydrogen) atoms. The number of amides is 1. The number of aliphatic hydroxyl groups is 1. The van der Waals surface area contributed by atoms with Gasteiger partial charge in [0.1, 0.15) is 23.9 Å². The number of furan rings is 1.